The summed E-state index contributed by atoms with van der Waals surface area (Å²) in [5.74, 6) is -1.60. The van der Waals surface area contributed by atoms with Crippen LogP contribution in [0.3, 0.4) is 0 Å². The summed E-state index contributed by atoms with van der Waals surface area (Å²) >= 11 is 4.94. The molecule has 2 aromatic carbocycles. The Labute approximate surface area is 162 Å². The summed E-state index contributed by atoms with van der Waals surface area (Å²) in [6.45, 7) is 0. The van der Waals surface area contributed by atoms with E-state index in [2.05, 4.69) is 28.1 Å². The summed E-state index contributed by atoms with van der Waals surface area (Å²) in [6.07, 6.45) is 2.67. The Hall–Kier alpha value is -1.85. The van der Waals surface area contributed by atoms with Gasteiger partial charge in [0.15, 0.2) is 5.78 Å². The number of fused-ring (bicyclic) bond motifs is 3. The van der Waals surface area contributed by atoms with E-state index in [0.29, 0.717) is 4.88 Å². The first-order valence-electron chi connectivity index (χ1n) is 8.40. The van der Waals surface area contributed by atoms with Gasteiger partial charge in [-0.2, -0.15) is 0 Å². The number of carbonyl (C=O) groups excluding carboxylic acids is 1. The van der Waals surface area contributed by atoms with Gasteiger partial charge in [0.05, 0.1) is 4.88 Å². The number of carbonyl (C=O) groups is 1. The number of benzene rings is 2. The van der Waals surface area contributed by atoms with Gasteiger partial charge in [0.25, 0.3) is 0 Å². The highest BCUT2D eigenvalue weighted by atomic mass is 79.9. The van der Waals surface area contributed by atoms with Gasteiger partial charge in [0.2, 0.25) is 0 Å². The van der Waals surface area contributed by atoms with E-state index in [4.69, 9.17) is 0 Å². The SMILES string of the molecule is O=C(Cc1c(F)cccc1F)c1cc2c(s1)-c1cc(Br)ccc1CCC2. The van der Waals surface area contributed by atoms with Crippen molar-refractivity contribution in [3.8, 4) is 10.4 Å². The van der Waals surface area contributed by atoms with E-state index >= 15 is 0 Å². The molecule has 0 aliphatic heterocycles. The Kier molecular flexibility index (Phi) is 4.76. The van der Waals surface area contributed by atoms with Crippen molar-refractivity contribution in [3.63, 3.8) is 0 Å². The maximum Gasteiger partial charge on any atom is 0.177 e. The quantitative estimate of drug-likeness (QED) is 0.439. The van der Waals surface area contributed by atoms with E-state index in [1.165, 1.54) is 35.1 Å². The third-order valence-electron chi connectivity index (χ3n) is 4.69. The summed E-state index contributed by atoms with van der Waals surface area (Å²) < 4.78 is 28.7. The Balaban J connectivity index is 1.71. The fourth-order valence-corrected chi connectivity index (χ4v) is 4.94. The molecule has 1 aromatic heterocycles. The Bertz CT molecular complexity index is 989. The van der Waals surface area contributed by atoms with Crippen LogP contribution >= 0.6 is 27.3 Å². The average Bonchev–Trinajstić information content (AvgIpc) is 2.96. The summed E-state index contributed by atoms with van der Waals surface area (Å²) in [7, 11) is 0. The normalized spacial score (nSPS) is 13.0. The van der Waals surface area contributed by atoms with Gasteiger partial charge in [-0.15, -0.1) is 11.3 Å². The predicted molar refractivity (Wildman–Crippen MR) is 104 cm³/mol. The highest BCUT2D eigenvalue weighted by Gasteiger charge is 2.22. The van der Waals surface area contributed by atoms with E-state index in [-0.39, 0.29) is 17.8 Å². The minimum absolute atomic E-state index is 0.163. The lowest BCUT2D eigenvalue weighted by molar-refractivity contribution is 0.0994. The molecule has 1 heterocycles. The van der Waals surface area contributed by atoms with E-state index in [9.17, 15) is 13.6 Å². The molecule has 0 spiro atoms. The molecule has 0 saturated heterocycles. The van der Waals surface area contributed by atoms with Crippen molar-refractivity contribution < 1.29 is 13.6 Å². The number of hydrogen-bond donors (Lipinski definition) is 0. The monoisotopic (exact) mass is 432 g/mol. The summed E-state index contributed by atoms with van der Waals surface area (Å²) in [5, 5.41) is 0. The van der Waals surface area contributed by atoms with Gasteiger partial charge >= 0.3 is 0 Å². The Morgan fingerprint density at radius 2 is 1.77 bits per heavy atom. The fourth-order valence-electron chi connectivity index (χ4n) is 3.38. The molecule has 0 amide bonds. The van der Waals surface area contributed by atoms with Crippen molar-refractivity contribution in [2.24, 2.45) is 0 Å². The third-order valence-corrected chi connectivity index (χ3v) is 6.44. The van der Waals surface area contributed by atoms with Crippen molar-refractivity contribution in [1.29, 1.82) is 0 Å². The minimum atomic E-state index is -0.675. The maximum atomic E-state index is 13.9. The topological polar surface area (TPSA) is 17.1 Å². The molecule has 132 valence electrons. The van der Waals surface area contributed by atoms with Crippen LogP contribution in [0.2, 0.25) is 0 Å². The van der Waals surface area contributed by atoms with E-state index in [0.717, 1.165) is 39.7 Å². The highest BCUT2D eigenvalue weighted by molar-refractivity contribution is 9.10. The second kappa shape index (κ2) is 7.05. The molecule has 3 aromatic rings. The number of hydrogen-bond acceptors (Lipinski definition) is 2. The highest BCUT2D eigenvalue weighted by Crippen LogP contribution is 2.40. The van der Waals surface area contributed by atoms with Crippen LogP contribution in [-0.4, -0.2) is 5.78 Å². The molecule has 1 nitrogen and oxygen atoms in total. The van der Waals surface area contributed by atoms with Gasteiger partial charge in [0.1, 0.15) is 11.6 Å². The largest absolute Gasteiger partial charge is 0.293 e. The van der Waals surface area contributed by atoms with Crippen LogP contribution in [0.4, 0.5) is 8.78 Å². The lowest BCUT2D eigenvalue weighted by Crippen LogP contribution is -2.05. The minimum Gasteiger partial charge on any atom is -0.293 e. The van der Waals surface area contributed by atoms with Crippen LogP contribution in [0.5, 0.6) is 0 Å². The van der Waals surface area contributed by atoms with Crippen molar-refractivity contribution in [1.82, 2.24) is 0 Å². The van der Waals surface area contributed by atoms with Crippen molar-refractivity contribution in [2.45, 2.75) is 25.7 Å². The molecule has 26 heavy (non-hydrogen) atoms. The predicted octanol–water partition coefficient (Wildman–Crippen LogP) is 6.37. The van der Waals surface area contributed by atoms with Crippen LogP contribution < -0.4 is 0 Å². The molecule has 0 atom stereocenters. The molecule has 1 aliphatic carbocycles. The van der Waals surface area contributed by atoms with Crippen LogP contribution in [0.25, 0.3) is 10.4 Å². The number of halogens is 3. The van der Waals surface area contributed by atoms with E-state index in [1.54, 1.807) is 0 Å². The van der Waals surface area contributed by atoms with Crippen LogP contribution in [0, 0.1) is 11.6 Å². The van der Waals surface area contributed by atoms with Gasteiger partial charge in [-0.1, -0.05) is 28.1 Å². The van der Waals surface area contributed by atoms with Gasteiger partial charge in [-0.25, -0.2) is 8.78 Å². The average molecular weight is 433 g/mol. The lowest BCUT2D eigenvalue weighted by Gasteiger charge is -2.06. The maximum absolute atomic E-state index is 13.9. The van der Waals surface area contributed by atoms with Gasteiger partial charge in [-0.05, 0) is 66.3 Å². The van der Waals surface area contributed by atoms with Crippen molar-refractivity contribution >= 4 is 33.0 Å². The first-order chi connectivity index (χ1) is 12.5. The molecule has 4 rings (SSSR count). The summed E-state index contributed by atoms with van der Waals surface area (Å²) in [6, 6.07) is 11.8. The number of aryl methyl sites for hydroxylation is 2. The number of ketones is 1. The second-order valence-electron chi connectivity index (χ2n) is 6.42. The molecular formula is C21H15BrF2OS. The van der Waals surface area contributed by atoms with E-state index in [1.807, 2.05) is 12.1 Å². The number of Topliss-reactive ketones (excluding diaryl/α,β-unsaturated/α-hetero) is 1. The zero-order valence-electron chi connectivity index (χ0n) is 13.8. The standard InChI is InChI=1S/C21H15BrF2OS/c22-14-8-7-12-3-1-4-13-9-20(26-21(13)15(12)10-14)19(25)11-16-17(23)5-2-6-18(16)24/h2,5-10H,1,3-4,11H2. The molecule has 1 aliphatic rings. The molecule has 5 heteroatoms. The molecule has 0 fully saturated rings. The molecule has 0 unspecified atom stereocenters. The number of thiophene rings is 1. The zero-order valence-corrected chi connectivity index (χ0v) is 16.2. The van der Waals surface area contributed by atoms with E-state index < -0.39 is 11.6 Å². The fraction of sp³-hybridized carbons (Fsp3) is 0.190. The molecule has 0 saturated carbocycles. The zero-order chi connectivity index (χ0) is 18.3. The van der Waals surface area contributed by atoms with Crippen LogP contribution in [-0.2, 0) is 19.3 Å². The molecule has 0 radical (unpaired) electrons. The molecule has 0 N–H and O–H groups in total. The van der Waals surface area contributed by atoms with Crippen molar-refractivity contribution in [3.05, 3.63) is 80.1 Å². The van der Waals surface area contributed by atoms with Gasteiger partial charge < -0.3 is 0 Å². The second-order valence-corrected chi connectivity index (χ2v) is 8.39. The third kappa shape index (κ3) is 3.26. The number of rotatable bonds is 3. The lowest BCUT2D eigenvalue weighted by atomic mass is 10.0. The molecular weight excluding hydrogens is 418 g/mol. The summed E-state index contributed by atoms with van der Waals surface area (Å²) in [5.41, 5.74) is 3.40. The smallest absolute Gasteiger partial charge is 0.177 e. The van der Waals surface area contributed by atoms with Crippen LogP contribution in [0.1, 0.15) is 32.8 Å². The van der Waals surface area contributed by atoms with Crippen molar-refractivity contribution in [2.75, 3.05) is 0 Å². The van der Waals surface area contributed by atoms with Crippen LogP contribution in [0.15, 0.2) is 46.9 Å². The Morgan fingerprint density at radius 1 is 1.04 bits per heavy atom. The van der Waals surface area contributed by atoms with Gasteiger partial charge in [-0.3, -0.25) is 4.79 Å². The first-order valence-corrected chi connectivity index (χ1v) is 10.0. The van der Waals surface area contributed by atoms with Gasteiger partial charge in [0, 0.05) is 21.3 Å². The summed E-state index contributed by atoms with van der Waals surface area (Å²) in [4.78, 5) is 14.3. The Morgan fingerprint density at radius 3 is 2.54 bits per heavy atom. The molecule has 0 bridgehead atoms. The first kappa shape index (κ1) is 17.6.